The fourth-order valence-electron chi connectivity index (χ4n) is 4.67. The molecule has 0 heterocycles. The molecule has 0 radical (unpaired) electrons. The van der Waals surface area contributed by atoms with Gasteiger partial charge < -0.3 is 15.0 Å². The first-order valence-corrected chi connectivity index (χ1v) is 15.0. The van der Waals surface area contributed by atoms with Gasteiger partial charge in [0.15, 0.2) is 0 Å². The molecule has 0 aliphatic heterocycles. The molecule has 1 aliphatic rings. The number of carbonyl (C=O) groups excluding carboxylic acids is 2. The summed E-state index contributed by atoms with van der Waals surface area (Å²) in [4.78, 5) is 28.3. The molecule has 1 fully saturated rings. The molecule has 1 N–H and O–H groups in total. The van der Waals surface area contributed by atoms with Crippen molar-refractivity contribution in [2.24, 2.45) is 0 Å². The molecule has 3 aromatic carbocycles. The Morgan fingerprint density at radius 1 is 0.897 bits per heavy atom. The summed E-state index contributed by atoms with van der Waals surface area (Å²) in [5.41, 5.74) is 1.17. The third-order valence-electron chi connectivity index (χ3n) is 6.85. The van der Waals surface area contributed by atoms with Crippen molar-refractivity contribution in [3.63, 3.8) is 0 Å². The number of carbonyl (C=O) groups is 2. The van der Waals surface area contributed by atoms with Gasteiger partial charge >= 0.3 is 0 Å². The molecule has 1 aliphatic carbocycles. The Morgan fingerprint density at radius 2 is 1.46 bits per heavy atom. The van der Waals surface area contributed by atoms with E-state index in [0.29, 0.717) is 17.2 Å². The molecular formula is C30H35N3O5S. The molecule has 39 heavy (non-hydrogen) atoms. The van der Waals surface area contributed by atoms with Gasteiger partial charge in [0.1, 0.15) is 24.1 Å². The number of sulfonamides is 1. The molecule has 1 atom stereocenters. The van der Waals surface area contributed by atoms with Crippen molar-refractivity contribution in [3.8, 4) is 11.5 Å². The fourth-order valence-corrected chi connectivity index (χ4v) is 5.52. The van der Waals surface area contributed by atoms with Crippen LogP contribution in [0.25, 0.3) is 0 Å². The number of benzene rings is 3. The molecular weight excluding hydrogens is 514 g/mol. The number of anilines is 1. The van der Waals surface area contributed by atoms with Gasteiger partial charge in [-0.15, -0.1) is 0 Å². The minimum atomic E-state index is -3.81. The van der Waals surface area contributed by atoms with Crippen LogP contribution in [0.15, 0.2) is 84.9 Å². The zero-order valence-electron chi connectivity index (χ0n) is 22.3. The average molecular weight is 550 g/mol. The third-order valence-corrected chi connectivity index (χ3v) is 7.99. The first-order chi connectivity index (χ1) is 18.7. The van der Waals surface area contributed by atoms with Crippen LogP contribution >= 0.6 is 0 Å². The van der Waals surface area contributed by atoms with Crippen molar-refractivity contribution < 1.29 is 22.7 Å². The normalized spacial score (nSPS) is 14.4. The molecule has 0 spiro atoms. The number of nitrogens with one attached hydrogen (secondary N) is 1. The molecule has 8 nitrogen and oxygen atoms in total. The Bertz CT molecular complexity index is 1340. The summed E-state index contributed by atoms with van der Waals surface area (Å²) < 4.78 is 32.5. The van der Waals surface area contributed by atoms with Gasteiger partial charge in [-0.1, -0.05) is 61.4 Å². The average Bonchev–Trinajstić information content (AvgIpc) is 3.44. The minimum absolute atomic E-state index is 0.109. The number of nitrogens with zero attached hydrogens (tertiary/aromatic N) is 2. The van der Waals surface area contributed by atoms with Gasteiger partial charge in [-0.25, -0.2) is 8.42 Å². The summed E-state index contributed by atoms with van der Waals surface area (Å²) in [5, 5.41) is 3.06. The van der Waals surface area contributed by atoms with Gasteiger partial charge in [0.25, 0.3) is 0 Å². The van der Waals surface area contributed by atoms with E-state index in [0.717, 1.165) is 41.8 Å². The first kappa shape index (κ1) is 28.2. The highest BCUT2D eigenvalue weighted by molar-refractivity contribution is 7.92. The van der Waals surface area contributed by atoms with Gasteiger partial charge in [-0.05, 0) is 61.7 Å². The maximum atomic E-state index is 13.7. The van der Waals surface area contributed by atoms with Crippen molar-refractivity contribution >= 4 is 27.5 Å². The van der Waals surface area contributed by atoms with E-state index in [4.69, 9.17) is 4.74 Å². The minimum Gasteiger partial charge on any atom is -0.457 e. The first-order valence-electron chi connectivity index (χ1n) is 13.1. The summed E-state index contributed by atoms with van der Waals surface area (Å²) in [5.74, 6) is 0.483. The predicted molar refractivity (Wildman–Crippen MR) is 152 cm³/mol. The second kappa shape index (κ2) is 12.8. The molecule has 3 aromatic rings. The smallest absolute Gasteiger partial charge is 0.244 e. The monoisotopic (exact) mass is 549 g/mol. The Labute approximate surface area is 230 Å². The standard InChI is InChI=1S/C30H35N3O5S/c1-23(30(35)31-25-13-9-10-14-25)32(21-24-11-5-3-6-12-24)29(34)22-33(39(2,36)37)26-17-19-28(20-18-26)38-27-15-7-4-8-16-27/h3-8,11-12,15-20,23,25H,9-10,13-14,21-22H2,1-2H3,(H,31,35)/t23-/m0/s1. The summed E-state index contributed by atoms with van der Waals surface area (Å²) in [6.45, 7) is 1.43. The lowest BCUT2D eigenvalue weighted by Gasteiger charge is -2.32. The van der Waals surface area contributed by atoms with Crippen LogP contribution in [0, 0.1) is 0 Å². The quantitative estimate of drug-likeness (QED) is 0.373. The lowest BCUT2D eigenvalue weighted by molar-refractivity contribution is -0.139. The third kappa shape index (κ3) is 7.83. The number of hydrogen-bond acceptors (Lipinski definition) is 5. The van der Waals surface area contributed by atoms with Crippen LogP contribution in [-0.2, 0) is 26.2 Å². The van der Waals surface area contributed by atoms with Crippen molar-refractivity contribution in [1.29, 1.82) is 0 Å². The molecule has 4 rings (SSSR count). The summed E-state index contributed by atoms with van der Waals surface area (Å²) in [6.07, 6.45) is 5.06. The van der Waals surface area contributed by atoms with E-state index >= 15 is 0 Å². The number of rotatable bonds is 11. The fraction of sp³-hybridized carbons (Fsp3) is 0.333. The van der Waals surface area contributed by atoms with Crippen LogP contribution in [-0.4, -0.2) is 50.0 Å². The Balaban J connectivity index is 1.54. The number of amides is 2. The molecule has 0 aromatic heterocycles. The van der Waals surface area contributed by atoms with E-state index in [2.05, 4.69) is 5.32 Å². The Kier molecular flexibility index (Phi) is 9.24. The maximum absolute atomic E-state index is 13.7. The van der Waals surface area contributed by atoms with Crippen molar-refractivity contribution in [1.82, 2.24) is 10.2 Å². The van der Waals surface area contributed by atoms with E-state index in [1.165, 1.54) is 4.90 Å². The van der Waals surface area contributed by atoms with Gasteiger partial charge in [-0.2, -0.15) is 0 Å². The molecule has 0 saturated heterocycles. The highest BCUT2D eigenvalue weighted by Gasteiger charge is 2.31. The van der Waals surface area contributed by atoms with Crippen LogP contribution in [0.2, 0.25) is 0 Å². The molecule has 0 bridgehead atoms. The summed E-state index contributed by atoms with van der Waals surface area (Å²) in [6, 6.07) is 24.5. The van der Waals surface area contributed by atoms with Crippen LogP contribution in [0.3, 0.4) is 0 Å². The highest BCUT2D eigenvalue weighted by atomic mass is 32.2. The van der Waals surface area contributed by atoms with E-state index in [9.17, 15) is 18.0 Å². The van der Waals surface area contributed by atoms with Gasteiger partial charge in [0.05, 0.1) is 11.9 Å². The molecule has 0 unspecified atom stereocenters. The maximum Gasteiger partial charge on any atom is 0.244 e. The molecule has 2 amide bonds. The van der Waals surface area contributed by atoms with E-state index in [1.54, 1.807) is 31.2 Å². The number of ether oxygens (including phenoxy) is 1. The number of hydrogen-bond donors (Lipinski definition) is 1. The van der Waals surface area contributed by atoms with Crippen LogP contribution in [0.4, 0.5) is 5.69 Å². The molecule has 206 valence electrons. The topological polar surface area (TPSA) is 96.0 Å². The SMILES string of the molecule is C[C@@H](C(=O)NC1CCCC1)N(Cc1ccccc1)C(=O)CN(c1ccc(Oc2ccccc2)cc1)S(C)(=O)=O. The lowest BCUT2D eigenvalue weighted by atomic mass is 10.1. The van der Waals surface area contributed by atoms with Gasteiger partial charge in [0, 0.05) is 12.6 Å². The van der Waals surface area contributed by atoms with E-state index < -0.39 is 28.5 Å². The van der Waals surface area contributed by atoms with Crippen molar-refractivity contribution in [2.45, 2.75) is 51.2 Å². The second-order valence-corrected chi connectivity index (χ2v) is 11.8. The van der Waals surface area contributed by atoms with Crippen molar-refractivity contribution in [3.05, 3.63) is 90.5 Å². The molecule has 1 saturated carbocycles. The highest BCUT2D eigenvalue weighted by Crippen LogP contribution is 2.26. The van der Waals surface area contributed by atoms with Crippen molar-refractivity contribution in [2.75, 3.05) is 17.1 Å². The van der Waals surface area contributed by atoms with Gasteiger partial charge in [0.2, 0.25) is 21.8 Å². The predicted octanol–water partition coefficient (Wildman–Crippen LogP) is 4.72. The zero-order chi connectivity index (χ0) is 27.8. The van der Waals surface area contributed by atoms with Crippen LogP contribution in [0.5, 0.6) is 11.5 Å². The van der Waals surface area contributed by atoms with Crippen LogP contribution in [0.1, 0.15) is 38.2 Å². The zero-order valence-corrected chi connectivity index (χ0v) is 23.1. The molecule has 9 heteroatoms. The summed E-state index contributed by atoms with van der Waals surface area (Å²) >= 11 is 0. The van der Waals surface area contributed by atoms with E-state index in [-0.39, 0.29) is 18.5 Å². The Morgan fingerprint density at radius 3 is 2.05 bits per heavy atom. The largest absolute Gasteiger partial charge is 0.457 e. The second-order valence-electron chi connectivity index (χ2n) is 9.85. The van der Waals surface area contributed by atoms with E-state index in [1.807, 2.05) is 60.7 Å². The van der Waals surface area contributed by atoms with Gasteiger partial charge in [-0.3, -0.25) is 13.9 Å². The Hall–Kier alpha value is -3.85. The lowest BCUT2D eigenvalue weighted by Crippen LogP contribution is -2.52. The van der Waals surface area contributed by atoms with Crippen LogP contribution < -0.4 is 14.4 Å². The summed E-state index contributed by atoms with van der Waals surface area (Å²) in [7, 11) is -3.81. The number of para-hydroxylation sites is 1.